The van der Waals surface area contributed by atoms with Crippen LogP contribution in [0.4, 0.5) is 0 Å². The van der Waals surface area contributed by atoms with Gasteiger partial charge in [0.05, 0.1) is 0 Å². The van der Waals surface area contributed by atoms with Crippen LogP contribution in [0, 0.1) is 0 Å². The van der Waals surface area contributed by atoms with Gasteiger partial charge in [0.15, 0.2) is 0 Å². The fourth-order valence-corrected chi connectivity index (χ4v) is 7.95. The summed E-state index contributed by atoms with van der Waals surface area (Å²) >= 11 is 0. The lowest BCUT2D eigenvalue weighted by Crippen LogP contribution is -2.20. The summed E-state index contributed by atoms with van der Waals surface area (Å²) in [7, 11) is -0.223. The third kappa shape index (κ3) is 5.76. The molecule has 144 valence electrons. The molecule has 1 aliphatic heterocycles. The van der Waals surface area contributed by atoms with Crippen molar-refractivity contribution in [3.05, 3.63) is 71.8 Å². The zero-order valence-electron chi connectivity index (χ0n) is 16.6. The molecule has 0 bridgehead atoms. The fourth-order valence-electron chi connectivity index (χ4n) is 4.32. The second kappa shape index (κ2) is 10.8. The van der Waals surface area contributed by atoms with Gasteiger partial charge in [-0.2, -0.15) is 0 Å². The summed E-state index contributed by atoms with van der Waals surface area (Å²) in [5.74, 6) is 0.444. The molecule has 0 N–H and O–H groups in total. The summed E-state index contributed by atoms with van der Waals surface area (Å²) in [5, 5.41) is 0. The number of rotatable bonds is 9. The van der Waals surface area contributed by atoms with Gasteiger partial charge in [-0.25, -0.2) is 0 Å². The molecule has 1 aliphatic rings. The Hall–Kier alpha value is -1.46. The van der Waals surface area contributed by atoms with Crippen LogP contribution in [-0.2, 0) is 4.79 Å². The molecule has 0 spiro atoms. The predicted molar refractivity (Wildman–Crippen MR) is 118 cm³/mol. The molecule has 1 saturated heterocycles. The molecule has 2 aromatic rings. The first kappa shape index (κ1) is 20.3. The maximum Gasteiger partial charge on any atom is 0.134 e. The first-order valence-electron chi connectivity index (χ1n) is 10.7. The van der Waals surface area contributed by atoms with Crippen LogP contribution in [0.15, 0.2) is 60.7 Å². The van der Waals surface area contributed by atoms with E-state index in [1.54, 1.807) is 0 Å². The Morgan fingerprint density at radius 3 is 1.74 bits per heavy atom. The molecule has 27 heavy (non-hydrogen) atoms. The molecule has 0 saturated carbocycles. The number of ketones is 1. The first-order valence-corrected chi connectivity index (χ1v) is 12.3. The van der Waals surface area contributed by atoms with E-state index in [2.05, 4.69) is 67.6 Å². The number of Topliss-reactive ketones (excluding diaryl/α,β-unsaturated/α-hetero) is 1. The summed E-state index contributed by atoms with van der Waals surface area (Å²) in [5.41, 5.74) is 3.62. The minimum atomic E-state index is -0.223. The molecule has 0 radical (unpaired) electrons. The molecule has 0 amide bonds. The van der Waals surface area contributed by atoms with Gasteiger partial charge in [0.2, 0.25) is 0 Å². The Labute approximate surface area is 166 Å². The van der Waals surface area contributed by atoms with Gasteiger partial charge < -0.3 is 0 Å². The lowest BCUT2D eigenvalue weighted by molar-refractivity contribution is -0.119. The van der Waals surface area contributed by atoms with E-state index < -0.39 is 0 Å². The number of carbonyl (C=O) groups is 1. The van der Waals surface area contributed by atoms with E-state index in [-0.39, 0.29) is 7.92 Å². The van der Waals surface area contributed by atoms with Crippen molar-refractivity contribution in [2.24, 2.45) is 0 Å². The molecule has 2 heteroatoms. The van der Waals surface area contributed by atoms with E-state index in [0.717, 1.165) is 12.8 Å². The topological polar surface area (TPSA) is 17.1 Å². The Bertz CT molecular complexity index is 630. The zero-order chi connectivity index (χ0) is 18.9. The number of hydrogen-bond donors (Lipinski definition) is 0. The highest BCUT2D eigenvalue weighted by Gasteiger charge is 2.37. The number of carbonyl (C=O) groups excluding carboxylic acids is 1. The van der Waals surface area contributed by atoms with Crippen molar-refractivity contribution in [2.45, 2.75) is 69.6 Å². The van der Waals surface area contributed by atoms with E-state index in [1.807, 2.05) is 0 Å². The summed E-state index contributed by atoms with van der Waals surface area (Å²) < 4.78 is 0. The van der Waals surface area contributed by atoms with Gasteiger partial charge in [0, 0.05) is 24.2 Å². The molecule has 0 aliphatic carbocycles. The summed E-state index contributed by atoms with van der Waals surface area (Å²) in [6.45, 7) is 2.27. The maximum absolute atomic E-state index is 12.6. The van der Waals surface area contributed by atoms with Crippen molar-refractivity contribution >= 4 is 13.7 Å². The molecule has 1 heterocycles. The van der Waals surface area contributed by atoms with E-state index in [1.165, 1.54) is 55.8 Å². The number of hydrogen-bond acceptors (Lipinski definition) is 1. The Morgan fingerprint density at radius 1 is 0.741 bits per heavy atom. The number of unbranched alkanes of at least 4 members (excludes halogenated alkanes) is 5. The smallest absolute Gasteiger partial charge is 0.134 e. The second-order valence-electron chi connectivity index (χ2n) is 7.81. The van der Waals surface area contributed by atoms with Crippen molar-refractivity contribution in [2.75, 3.05) is 6.16 Å². The van der Waals surface area contributed by atoms with Crippen molar-refractivity contribution in [3.63, 3.8) is 0 Å². The average Bonchev–Trinajstić information content (AvgIpc) is 2.72. The van der Waals surface area contributed by atoms with Gasteiger partial charge in [0.25, 0.3) is 0 Å². The molecule has 1 fully saturated rings. The monoisotopic (exact) mass is 380 g/mol. The minimum Gasteiger partial charge on any atom is -0.300 e. The van der Waals surface area contributed by atoms with E-state index in [4.69, 9.17) is 0 Å². The van der Waals surface area contributed by atoms with Gasteiger partial charge in [-0.15, -0.1) is 0 Å². The average molecular weight is 381 g/mol. The molecule has 2 aromatic carbocycles. The second-order valence-corrected chi connectivity index (χ2v) is 10.5. The van der Waals surface area contributed by atoms with Crippen LogP contribution >= 0.6 is 7.92 Å². The molecular formula is C25H33OP. The molecular weight excluding hydrogens is 347 g/mol. The highest BCUT2D eigenvalue weighted by atomic mass is 31.1. The zero-order valence-corrected chi connectivity index (χ0v) is 17.5. The SMILES string of the molecule is CCCCCCCCP1C(c2ccccc2)CC(=O)CC1c1ccccc1. The van der Waals surface area contributed by atoms with Crippen LogP contribution < -0.4 is 0 Å². The number of benzene rings is 2. The van der Waals surface area contributed by atoms with Crippen LogP contribution in [0.1, 0.15) is 80.7 Å². The Kier molecular flexibility index (Phi) is 8.09. The van der Waals surface area contributed by atoms with Crippen LogP contribution in [0.3, 0.4) is 0 Å². The Morgan fingerprint density at radius 2 is 1.22 bits per heavy atom. The molecule has 0 aromatic heterocycles. The van der Waals surface area contributed by atoms with Crippen molar-refractivity contribution < 1.29 is 4.79 Å². The van der Waals surface area contributed by atoms with Gasteiger partial charge in [-0.05, 0) is 23.7 Å². The lowest BCUT2D eigenvalue weighted by atomic mass is 10.0. The van der Waals surface area contributed by atoms with E-state index in [9.17, 15) is 4.79 Å². The van der Waals surface area contributed by atoms with Crippen molar-refractivity contribution in [1.82, 2.24) is 0 Å². The van der Waals surface area contributed by atoms with Crippen LogP contribution in [-0.4, -0.2) is 11.9 Å². The van der Waals surface area contributed by atoms with Gasteiger partial charge in [0.1, 0.15) is 5.78 Å². The molecule has 3 rings (SSSR count). The highest BCUT2D eigenvalue weighted by Crippen LogP contribution is 2.67. The van der Waals surface area contributed by atoms with Crippen molar-refractivity contribution in [1.29, 1.82) is 0 Å². The first-order chi connectivity index (χ1) is 13.3. The lowest BCUT2D eigenvalue weighted by Gasteiger charge is -2.39. The van der Waals surface area contributed by atoms with Gasteiger partial charge in [-0.1, -0.05) is 108 Å². The third-order valence-corrected chi connectivity index (χ3v) is 9.18. The summed E-state index contributed by atoms with van der Waals surface area (Å²) in [6.07, 6.45) is 10.9. The highest BCUT2D eigenvalue weighted by molar-refractivity contribution is 7.58. The van der Waals surface area contributed by atoms with Crippen LogP contribution in [0.5, 0.6) is 0 Å². The third-order valence-electron chi connectivity index (χ3n) is 5.78. The normalized spacial score (nSPS) is 22.7. The maximum atomic E-state index is 12.6. The molecule has 2 atom stereocenters. The summed E-state index contributed by atoms with van der Waals surface area (Å²) in [4.78, 5) is 12.6. The molecule has 2 unspecified atom stereocenters. The standard InChI is InChI=1S/C25H33OP/c1-2-3-4-5-6-13-18-27-24(21-14-9-7-10-15-21)19-23(26)20-25(27)22-16-11-8-12-17-22/h7-12,14-17,24-25H,2-6,13,18-20H2,1H3. The van der Waals surface area contributed by atoms with Gasteiger partial charge in [-0.3, -0.25) is 4.79 Å². The van der Waals surface area contributed by atoms with Crippen molar-refractivity contribution in [3.8, 4) is 0 Å². The minimum absolute atomic E-state index is 0.223. The van der Waals surface area contributed by atoms with Crippen LogP contribution in [0.2, 0.25) is 0 Å². The quantitative estimate of drug-likeness (QED) is 0.322. The Balaban J connectivity index is 1.76. The largest absolute Gasteiger partial charge is 0.300 e. The van der Waals surface area contributed by atoms with E-state index in [0.29, 0.717) is 17.1 Å². The van der Waals surface area contributed by atoms with E-state index >= 15 is 0 Å². The molecule has 1 nitrogen and oxygen atoms in total. The predicted octanol–water partition coefficient (Wildman–Crippen LogP) is 7.67. The fraction of sp³-hybridized carbons (Fsp3) is 0.480. The van der Waals surface area contributed by atoms with Gasteiger partial charge >= 0.3 is 0 Å². The summed E-state index contributed by atoms with van der Waals surface area (Å²) in [6, 6.07) is 21.6. The van der Waals surface area contributed by atoms with Crippen LogP contribution in [0.25, 0.3) is 0 Å².